The largest absolute Gasteiger partial charge is 0.329 e. The Morgan fingerprint density at radius 3 is 2.74 bits per heavy atom. The summed E-state index contributed by atoms with van der Waals surface area (Å²) >= 11 is 0. The predicted molar refractivity (Wildman–Crippen MR) is 81.7 cm³/mol. The van der Waals surface area contributed by atoms with Crippen LogP contribution in [0.2, 0.25) is 0 Å². The van der Waals surface area contributed by atoms with Gasteiger partial charge in [-0.1, -0.05) is 6.07 Å². The Morgan fingerprint density at radius 1 is 1.13 bits per heavy atom. The Balaban J connectivity index is 1.60. The summed E-state index contributed by atoms with van der Waals surface area (Å²) < 4.78 is 1.67. The number of amides is 1. The van der Waals surface area contributed by atoms with E-state index in [2.05, 4.69) is 20.2 Å². The van der Waals surface area contributed by atoms with E-state index < -0.39 is 0 Å². The lowest BCUT2D eigenvalue weighted by Crippen LogP contribution is -2.26. The van der Waals surface area contributed by atoms with Crippen molar-refractivity contribution in [3.8, 4) is 5.82 Å². The third-order valence-corrected chi connectivity index (χ3v) is 3.87. The summed E-state index contributed by atoms with van der Waals surface area (Å²) in [6.45, 7) is 3.12. The first kappa shape index (κ1) is 13.6. The van der Waals surface area contributed by atoms with E-state index in [9.17, 15) is 4.79 Å². The molecule has 4 heterocycles. The maximum Gasteiger partial charge on any atom is 0.273 e. The van der Waals surface area contributed by atoms with Crippen molar-refractivity contribution in [2.45, 2.75) is 20.0 Å². The van der Waals surface area contributed by atoms with Gasteiger partial charge in [0.15, 0.2) is 0 Å². The number of carbonyl (C=O) groups excluding carboxylic acids is 1. The van der Waals surface area contributed by atoms with Crippen molar-refractivity contribution in [2.24, 2.45) is 0 Å². The van der Waals surface area contributed by atoms with Gasteiger partial charge in [-0.2, -0.15) is 0 Å². The molecule has 114 valence electrons. The first-order valence-electron chi connectivity index (χ1n) is 7.26. The van der Waals surface area contributed by atoms with Crippen LogP contribution in [0.15, 0.2) is 43.1 Å². The molecule has 7 nitrogen and oxygen atoms in total. The lowest BCUT2D eigenvalue weighted by Gasteiger charge is -2.15. The van der Waals surface area contributed by atoms with Gasteiger partial charge in [0.25, 0.3) is 5.91 Å². The SMILES string of the molecule is Cc1cc2c(cn1)CN(C(=O)c1cccc(-n3cnnc3)n1)C2. The minimum Gasteiger partial charge on any atom is -0.329 e. The van der Waals surface area contributed by atoms with Crippen molar-refractivity contribution in [3.63, 3.8) is 0 Å². The number of rotatable bonds is 2. The van der Waals surface area contributed by atoms with Crippen molar-refractivity contribution in [1.29, 1.82) is 0 Å². The van der Waals surface area contributed by atoms with Gasteiger partial charge in [-0.05, 0) is 36.2 Å². The minimum absolute atomic E-state index is 0.0891. The van der Waals surface area contributed by atoms with Crippen molar-refractivity contribution in [3.05, 3.63) is 65.6 Å². The minimum atomic E-state index is -0.0891. The molecular formula is C16H14N6O. The molecule has 0 aromatic carbocycles. The van der Waals surface area contributed by atoms with Gasteiger partial charge in [-0.15, -0.1) is 10.2 Å². The van der Waals surface area contributed by atoms with Crippen molar-refractivity contribution >= 4 is 5.91 Å². The molecule has 7 heteroatoms. The van der Waals surface area contributed by atoms with Gasteiger partial charge in [0.05, 0.1) is 0 Å². The molecule has 0 atom stereocenters. The van der Waals surface area contributed by atoms with E-state index in [0.717, 1.165) is 16.8 Å². The maximum absolute atomic E-state index is 12.7. The summed E-state index contributed by atoms with van der Waals surface area (Å²) in [6, 6.07) is 7.38. The van der Waals surface area contributed by atoms with Gasteiger partial charge in [0.1, 0.15) is 24.2 Å². The summed E-state index contributed by atoms with van der Waals surface area (Å²) in [4.78, 5) is 23.2. The van der Waals surface area contributed by atoms with E-state index in [-0.39, 0.29) is 5.91 Å². The van der Waals surface area contributed by atoms with Crippen molar-refractivity contribution in [1.82, 2.24) is 29.6 Å². The molecule has 1 aliphatic heterocycles. The summed E-state index contributed by atoms with van der Waals surface area (Å²) in [7, 11) is 0. The van der Waals surface area contributed by atoms with E-state index in [4.69, 9.17) is 0 Å². The number of nitrogens with zero attached hydrogens (tertiary/aromatic N) is 6. The van der Waals surface area contributed by atoms with Crippen LogP contribution in [0.1, 0.15) is 27.3 Å². The van der Waals surface area contributed by atoms with Crippen LogP contribution in [-0.4, -0.2) is 35.5 Å². The summed E-state index contributed by atoms with van der Waals surface area (Å²) in [6.07, 6.45) is 4.95. The second-order valence-electron chi connectivity index (χ2n) is 5.51. The van der Waals surface area contributed by atoms with Crippen LogP contribution in [0.25, 0.3) is 5.82 Å². The van der Waals surface area contributed by atoms with Gasteiger partial charge < -0.3 is 4.90 Å². The normalized spacial score (nSPS) is 13.2. The molecule has 0 saturated carbocycles. The second kappa shape index (κ2) is 5.28. The molecule has 0 saturated heterocycles. The number of aryl methyl sites for hydroxylation is 1. The lowest BCUT2D eigenvalue weighted by atomic mass is 10.2. The highest BCUT2D eigenvalue weighted by Gasteiger charge is 2.25. The smallest absolute Gasteiger partial charge is 0.273 e. The van der Waals surface area contributed by atoms with Crippen molar-refractivity contribution < 1.29 is 4.79 Å². The highest BCUT2D eigenvalue weighted by atomic mass is 16.2. The third-order valence-electron chi connectivity index (χ3n) is 3.87. The molecule has 0 fully saturated rings. The van der Waals surface area contributed by atoms with Crippen LogP contribution in [0, 0.1) is 6.92 Å². The Bertz CT molecular complexity index is 874. The van der Waals surface area contributed by atoms with E-state index in [1.807, 2.05) is 31.3 Å². The molecule has 3 aromatic heterocycles. The zero-order valence-electron chi connectivity index (χ0n) is 12.5. The Kier molecular flexibility index (Phi) is 3.11. The highest BCUT2D eigenvalue weighted by molar-refractivity contribution is 5.92. The Labute approximate surface area is 132 Å². The van der Waals surface area contributed by atoms with Crippen LogP contribution in [0.5, 0.6) is 0 Å². The fourth-order valence-corrected chi connectivity index (χ4v) is 2.71. The molecule has 0 N–H and O–H groups in total. The Hall–Kier alpha value is -3.09. The van der Waals surface area contributed by atoms with Crippen LogP contribution in [0.4, 0.5) is 0 Å². The van der Waals surface area contributed by atoms with Crippen LogP contribution in [-0.2, 0) is 13.1 Å². The lowest BCUT2D eigenvalue weighted by molar-refractivity contribution is 0.0745. The van der Waals surface area contributed by atoms with E-state index in [1.54, 1.807) is 28.2 Å². The molecule has 1 aliphatic rings. The molecule has 3 aromatic rings. The average Bonchev–Trinajstić information content (AvgIpc) is 3.23. The van der Waals surface area contributed by atoms with Crippen LogP contribution in [0.3, 0.4) is 0 Å². The molecule has 0 spiro atoms. The molecular weight excluding hydrogens is 292 g/mol. The zero-order valence-corrected chi connectivity index (χ0v) is 12.5. The second-order valence-corrected chi connectivity index (χ2v) is 5.51. The van der Waals surface area contributed by atoms with E-state index in [1.165, 1.54) is 0 Å². The number of fused-ring (bicyclic) bond motifs is 1. The zero-order chi connectivity index (χ0) is 15.8. The number of pyridine rings is 2. The Morgan fingerprint density at radius 2 is 1.91 bits per heavy atom. The molecule has 4 rings (SSSR count). The number of hydrogen-bond acceptors (Lipinski definition) is 5. The van der Waals surface area contributed by atoms with Gasteiger partial charge >= 0.3 is 0 Å². The number of carbonyl (C=O) groups is 1. The first-order chi connectivity index (χ1) is 11.2. The van der Waals surface area contributed by atoms with E-state index >= 15 is 0 Å². The molecule has 0 unspecified atom stereocenters. The van der Waals surface area contributed by atoms with Crippen LogP contribution >= 0.6 is 0 Å². The quantitative estimate of drug-likeness (QED) is 0.717. The predicted octanol–water partition coefficient (Wildman–Crippen LogP) is 1.52. The number of hydrogen-bond donors (Lipinski definition) is 0. The topological polar surface area (TPSA) is 76.8 Å². The van der Waals surface area contributed by atoms with Gasteiger partial charge in [-0.25, -0.2) is 4.98 Å². The number of aromatic nitrogens is 5. The van der Waals surface area contributed by atoms with E-state index in [0.29, 0.717) is 24.6 Å². The van der Waals surface area contributed by atoms with Gasteiger partial charge in [-0.3, -0.25) is 14.3 Å². The molecule has 23 heavy (non-hydrogen) atoms. The fraction of sp³-hybridized carbons (Fsp3) is 0.188. The molecule has 0 aliphatic carbocycles. The van der Waals surface area contributed by atoms with Gasteiger partial charge in [0, 0.05) is 25.0 Å². The monoisotopic (exact) mass is 306 g/mol. The molecule has 1 amide bonds. The fourth-order valence-electron chi connectivity index (χ4n) is 2.71. The highest BCUT2D eigenvalue weighted by Crippen LogP contribution is 2.24. The van der Waals surface area contributed by atoms with Crippen LogP contribution < -0.4 is 0 Å². The molecule has 0 radical (unpaired) electrons. The summed E-state index contributed by atoms with van der Waals surface area (Å²) in [5, 5.41) is 7.51. The van der Waals surface area contributed by atoms with Crippen molar-refractivity contribution in [2.75, 3.05) is 0 Å². The summed E-state index contributed by atoms with van der Waals surface area (Å²) in [5.41, 5.74) is 3.62. The van der Waals surface area contributed by atoms with Gasteiger partial charge in [0.2, 0.25) is 0 Å². The first-order valence-corrected chi connectivity index (χ1v) is 7.26. The summed E-state index contributed by atoms with van der Waals surface area (Å²) in [5.74, 6) is 0.531. The maximum atomic E-state index is 12.7. The molecule has 0 bridgehead atoms. The third kappa shape index (κ3) is 2.46. The average molecular weight is 306 g/mol. The standard InChI is InChI=1S/C16H14N6O/c1-11-5-12-7-21(8-13(12)6-17-11)16(23)14-3-2-4-15(20-14)22-9-18-19-10-22/h2-6,9-10H,7-8H2,1H3.